The second-order valence-electron chi connectivity index (χ2n) is 23.2. The number of rotatable bonds is 7. The first kappa shape index (κ1) is 46.3. The predicted octanol–water partition coefficient (Wildman–Crippen LogP) is 17.0. The fourth-order valence-corrected chi connectivity index (χ4v) is 8.85. The molecular weight excluding hydrogens is 803 g/mol. The normalized spacial score (nSPS) is 12.8. The van der Waals surface area contributed by atoms with Crippen molar-refractivity contribution in [1.29, 1.82) is 0 Å². The van der Waals surface area contributed by atoms with Crippen LogP contribution >= 0.6 is 0 Å². The third kappa shape index (κ3) is 8.75. The van der Waals surface area contributed by atoms with Gasteiger partial charge in [-0.3, -0.25) is 9.55 Å². The van der Waals surface area contributed by atoms with Crippen LogP contribution in [0, 0.1) is 12.3 Å². The van der Waals surface area contributed by atoms with Crippen LogP contribution in [0.25, 0.3) is 72.7 Å². The Morgan fingerprint density at radius 1 is 0.470 bits per heavy atom. The summed E-state index contributed by atoms with van der Waals surface area (Å²) in [5.74, 6) is 0.961. The number of hydrogen-bond acceptors (Lipinski definition) is 3. The van der Waals surface area contributed by atoms with Crippen molar-refractivity contribution >= 4 is 11.0 Å². The summed E-state index contributed by atoms with van der Waals surface area (Å²) in [5, 5.41) is 12.6. The van der Waals surface area contributed by atoms with Crippen molar-refractivity contribution < 1.29 is 5.11 Å². The topological polar surface area (TPSA) is 50.9 Å². The van der Waals surface area contributed by atoms with Crippen LogP contribution in [-0.4, -0.2) is 19.6 Å². The minimum atomic E-state index is -0.327. The number of hydrogen-bond donors (Lipinski definition) is 1. The van der Waals surface area contributed by atoms with Crippen molar-refractivity contribution in [3.05, 3.63) is 167 Å². The molecule has 0 saturated carbocycles. The predicted molar refractivity (Wildman–Crippen MR) is 281 cm³/mol. The van der Waals surface area contributed by atoms with Crippen LogP contribution in [0.3, 0.4) is 0 Å². The molecular formula is C62H69N3O. The van der Waals surface area contributed by atoms with E-state index in [1.807, 2.05) is 6.20 Å². The number of phenols is 1. The van der Waals surface area contributed by atoms with Crippen LogP contribution in [0.15, 0.2) is 140 Å². The lowest BCUT2D eigenvalue weighted by Crippen LogP contribution is -2.34. The lowest BCUT2D eigenvalue weighted by molar-refractivity contribution is 0.225. The van der Waals surface area contributed by atoms with Gasteiger partial charge in [-0.1, -0.05) is 187 Å². The van der Waals surface area contributed by atoms with Crippen molar-refractivity contribution in [3.8, 4) is 67.5 Å². The molecule has 0 unspecified atom stereocenters. The van der Waals surface area contributed by atoms with Gasteiger partial charge in [0.05, 0.1) is 28.0 Å². The first-order valence-corrected chi connectivity index (χ1v) is 23.6. The van der Waals surface area contributed by atoms with Gasteiger partial charge in [0.1, 0.15) is 11.6 Å². The van der Waals surface area contributed by atoms with Crippen LogP contribution in [0.1, 0.15) is 125 Å². The molecule has 0 atom stereocenters. The maximum absolute atomic E-state index is 12.6. The Labute approximate surface area is 394 Å². The Morgan fingerprint density at radius 3 is 1.74 bits per heavy atom. The number of aryl methyl sites for hydroxylation is 1. The molecule has 0 aliphatic heterocycles. The van der Waals surface area contributed by atoms with Gasteiger partial charge >= 0.3 is 0 Å². The zero-order valence-electron chi connectivity index (χ0n) is 42.1. The van der Waals surface area contributed by atoms with Gasteiger partial charge in [0.2, 0.25) is 0 Å². The Kier molecular flexibility index (Phi) is 11.6. The van der Waals surface area contributed by atoms with Crippen molar-refractivity contribution in [2.75, 3.05) is 0 Å². The molecule has 8 rings (SSSR count). The fourth-order valence-electron chi connectivity index (χ4n) is 8.85. The molecule has 0 spiro atoms. The Hall–Kier alpha value is -6.26. The average Bonchev–Trinajstić information content (AvgIpc) is 3.64. The van der Waals surface area contributed by atoms with Crippen molar-refractivity contribution in [3.63, 3.8) is 0 Å². The molecule has 338 valence electrons. The van der Waals surface area contributed by atoms with Crippen LogP contribution < -0.4 is 0 Å². The van der Waals surface area contributed by atoms with E-state index in [-0.39, 0.29) is 32.8 Å². The smallest absolute Gasteiger partial charge is 0.149 e. The summed E-state index contributed by atoms with van der Waals surface area (Å²) in [6, 6.07) is 48.5. The minimum Gasteiger partial charge on any atom is -0.507 e. The van der Waals surface area contributed by atoms with Gasteiger partial charge in [0, 0.05) is 28.5 Å². The van der Waals surface area contributed by atoms with Gasteiger partial charge in [-0.15, -0.1) is 0 Å². The molecule has 0 radical (unpaired) electrons. The van der Waals surface area contributed by atoms with Gasteiger partial charge in [-0.25, -0.2) is 4.98 Å². The number of aromatic hydroxyl groups is 1. The highest BCUT2D eigenvalue weighted by molar-refractivity contribution is 5.98. The Bertz CT molecular complexity index is 3080. The van der Waals surface area contributed by atoms with Gasteiger partial charge in [-0.05, 0) is 121 Å². The number of para-hydroxylation sites is 1. The van der Waals surface area contributed by atoms with E-state index in [1.54, 1.807) is 0 Å². The van der Waals surface area contributed by atoms with E-state index in [1.165, 1.54) is 16.7 Å². The first-order chi connectivity index (χ1) is 30.8. The second kappa shape index (κ2) is 16.6. The number of fused-ring (bicyclic) bond motifs is 1. The number of nitrogens with zero attached hydrogens (tertiary/aromatic N) is 3. The van der Waals surface area contributed by atoms with E-state index >= 15 is 0 Å². The maximum Gasteiger partial charge on any atom is 0.149 e. The van der Waals surface area contributed by atoms with Gasteiger partial charge in [0.15, 0.2) is 0 Å². The summed E-state index contributed by atoms with van der Waals surface area (Å²) >= 11 is 0. The zero-order chi connectivity index (χ0) is 47.7. The van der Waals surface area contributed by atoms with Crippen molar-refractivity contribution in [1.82, 2.24) is 14.5 Å². The zero-order valence-corrected chi connectivity index (χ0v) is 42.1. The molecule has 66 heavy (non-hydrogen) atoms. The van der Waals surface area contributed by atoms with Crippen LogP contribution in [0.4, 0.5) is 0 Å². The summed E-state index contributed by atoms with van der Waals surface area (Å²) < 4.78 is 2.31. The summed E-state index contributed by atoms with van der Waals surface area (Å²) in [7, 11) is 0. The number of phenolic OH excluding ortho intramolecular Hbond substituents is 1. The number of imidazole rings is 1. The molecule has 0 bridgehead atoms. The van der Waals surface area contributed by atoms with E-state index in [9.17, 15) is 5.11 Å². The molecule has 0 aliphatic rings. The van der Waals surface area contributed by atoms with E-state index in [2.05, 4.69) is 242 Å². The molecule has 4 heteroatoms. The van der Waals surface area contributed by atoms with Gasteiger partial charge in [0.25, 0.3) is 0 Å². The third-order valence-electron chi connectivity index (χ3n) is 14.2. The second-order valence-corrected chi connectivity index (χ2v) is 23.2. The van der Waals surface area contributed by atoms with Gasteiger partial charge < -0.3 is 5.11 Å². The van der Waals surface area contributed by atoms with Crippen molar-refractivity contribution in [2.24, 2.45) is 5.41 Å². The number of pyridine rings is 1. The summed E-state index contributed by atoms with van der Waals surface area (Å²) in [6.45, 7) is 33.8. The van der Waals surface area contributed by atoms with Crippen LogP contribution in [-0.2, 0) is 21.7 Å². The lowest BCUT2D eigenvalue weighted by Gasteiger charge is -2.40. The van der Waals surface area contributed by atoms with E-state index in [4.69, 9.17) is 9.97 Å². The molecule has 0 aliphatic carbocycles. The van der Waals surface area contributed by atoms with E-state index in [0.29, 0.717) is 11.4 Å². The molecule has 8 aromatic rings. The Balaban J connectivity index is 1.47. The molecule has 0 fully saturated rings. The number of benzene rings is 6. The maximum atomic E-state index is 12.6. The minimum absolute atomic E-state index is 0.00470. The summed E-state index contributed by atoms with van der Waals surface area (Å²) in [6.07, 6.45) is 1.92. The van der Waals surface area contributed by atoms with E-state index < -0.39 is 0 Å². The molecule has 2 aromatic heterocycles. The highest BCUT2D eigenvalue weighted by Crippen LogP contribution is 2.48. The molecule has 1 N–H and O–H groups in total. The Morgan fingerprint density at radius 2 is 1.11 bits per heavy atom. The highest BCUT2D eigenvalue weighted by atomic mass is 16.3. The quantitative estimate of drug-likeness (QED) is 0.174. The molecule has 0 amide bonds. The molecule has 0 saturated heterocycles. The summed E-state index contributed by atoms with van der Waals surface area (Å²) in [5.41, 5.74) is 17.1. The van der Waals surface area contributed by atoms with Crippen LogP contribution in [0.2, 0.25) is 0 Å². The van der Waals surface area contributed by atoms with E-state index in [0.717, 1.165) is 72.5 Å². The SMILES string of the molecule is Cc1ccc(-c2ccnc(-c3cc(-c4cccc5c4nc(-c4cc(C(C)(C)C)cc(C(C)(C)C)c4O)n5-c4ccc(C(C)(C)C(C)(C)C)cc4-c4ccccc4)cc(C(C)(C)C)c3)c2)cc1. The highest BCUT2D eigenvalue weighted by Gasteiger charge is 2.36. The fraction of sp³-hybridized carbons (Fsp3) is 0.323. The molecule has 2 heterocycles. The average molecular weight is 872 g/mol. The summed E-state index contributed by atoms with van der Waals surface area (Å²) in [4.78, 5) is 10.7. The van der Waals surface area contributed by atoms with Crippen molar-refractivity contribution in [2.45, 2.75) is 126 Å². The number of aromatic nitrogens is 3. The lowest BCUT2D eigenvalue weighted by atomic mass is 9.65. The first-order valence-electron chi connectivity index (χ1n) is 23.6. The van der Waals surface area contributed by atoms with Gasteiger partial charge in [-0.2, -0.15) is 0 Å². The largest absolute Gasteiger partial charge is 0.507 e. The third-order valence-corrected chi connectivity index (χ3v) is 14.2. The van der Waals surface area contributed by atoms with Crippen LogP contribution in [0.5, 0.6) is 5.75 Å². The molecule has 6 aromatic carbocycles. The molecule has 4 nitrogen and oxygen atoms in total. The monoisotopic (exact) mass is 872 g/mol. The standard InChI is InChI=1S/C62H69N3O/c1-39-24-26-40(27-25-39)42-30-31-63-52(35-42)44-32-43(33-46(34-44)58(2,3)4)48-22-19-23-54-55(48)64-57(50-37-47(59(5,6)7)38-51(56(50)66)60(8,9)10)65(54)53-29-28-45(62(14,15)61(11,12)13)36-49(53)41-20-17-16-18-21-41/h16-38,66H,1-15H3.